The third-order valence-corrected chi connectivity index (χ3v) is 4.32. The highest BCUT2D eigenvalue weighted by molar-refractivity contribution is 9.10. The van der Waals surface area contributed by atoms with E-state index in [2.05, 4.69) is 27.3 Å². The van der Waals surface area contributed by atoms with Crippen molar-refractivity contribution in [2.75, 3.05) is 19.8 Å². The molecule has 1 aromatic rings. The number of ether oxygens (including phenoxy) is 2. The van der Waals surface area contributed by atoms with E-state index in [4.69, 9.17) is 9.47 Å². The van der Waals surface area contributed by atoms with Crippen molar-refractivity contribution >= 4 is 15.9 Å². The normalized spacial score (nSPS) is 22.8. The molecule has 98 valence electrons. The molecule has 0 amide bonds. The second-order valence-electron chi connectivity index (χ2n) is 4.90. The zero-order valence-electron chi connectivity index (χ0n) is 10.4. The molecule has 18 heavy (non-hydrogen) atoms. The Labute approximate surface area is 116 Å². The predicted molar refractivity (Wildman–Crippen MR) is 74.5 cm³/mol. The zero-order chi connectivity index (χ0) is 12.4. The fourth-order valence-corrected chi connectivity index (χ4v) is 3.11. The number of hydrogen-bond acceptors (Lipinski definition) is 3. The van der Waals surface area contributed by atoms with Crippen molar-refractivity contribution < 1.29 is 9.47 Å². The number of nitrogens with one attached hydrogen (secondary N) is 1. The molecule has 1 aromatic carbocycles. The van der Waals surface area contributed by atoms with Crippen LogP contribution in [-0.4, -0.2) is 25.8 Å². The van der Waals surface area contributed by atoms with E-state index >= 15 is 0 Å². The summed E-state index contributed by atoms with van der Waals surface area (Å²) in [5.74, 6) is 1.83. The molecule has 2 aliphatic heterocycles. The molecule has 0 aromatic heterocycles. The van der Waals surface area contributed by atoms with Gasteiger partial charge in [0.1, 0.15) is 0 Å². The molecule has 1 atom stereocenters. The molecule has 0 saturated carbocycles. The smallest absolute Gasteiger partial charge is 0.165 e. The summed E-state index contributed by atoms with van der Waals surface area (Å²) in [6, 6.07) is 4.63. The molecule has 4 heteroatoms. The molecular weight excluding hydrogens is 294 g/mol. The maximum absolute atomic E-state index is 5.89. The van der Waals surface area contributed by atoms with E-state index in [1.165, 1.54) is 18.4 Å². The summed E-state index contributed by atoms with van der Waals surface area (Å²) >= 11 is 3.64. The number of benzene rings is 1. The average Bonchev–Trinajstić information content (AvgIpc) is 2.76. The van der Waals surface area contributed by atoms with Crippen LogP contribution in [0.5, 0.6) is 11.5 Å². The second kappa shape index (κ2) is 5.49. The molecule has 1 saturated heterocycles. The van der Waals surface area contributed by atoms with Gasteiger partial charge in [0.2, 0.25) is 0 Å². The molecule has 2 heterocycles. The lowest BCUT2D eigenvalue weighted by molar-refractivity contribution is 0.296. The Morgan fingerprint density at radius 2 is 2.11 bits per heavy atom. The molecule has 0 bridgehead atoms. The van der Waals surface area contributed by atoms with Gasteiger partial charge in [-0.1, -0.05) is 15.9 Å². The van der Waals surface area contributed by atoms with Crippen molar-refractivity contribution in [3.8, 4) is 11.5 Å². The van der Waals surface area contributed by atoms with Gasteiger partial charge < -0.3 is 14.8 Å². The summed E-state index contributed by atoms with van der Waals surface area (Å²) in [4.78, 5) is 0. The van der Waals surface area contributed by atoms with Crippen molar-refractivity contribution in [3.63, 3.8) is 0 Å². The van der Waals surface area contributed by atoms with Gasteiger partial charge in [-0.2, -0.15) is 0 Å². The maximum atomic E-state index is 5.89. The van der Waals surface area contributed by atoms with Gasteiger partial charge >= 0.3 is 0 Å². The topological polar surface area (TPSA) is 30.5 Å². The molecule has 1 unspecified atom stereocenters. The van der Waals surface area contributed by atoms with E-state index in [0.717, 1.165) is 48.6 Å². The van der Waals surface area contributed by atoms with Crippen LogP contribution in [0.4, 0.5) is 0 Å². The highest BCUT2D eigenvalue weighted by Gasteiger charge is 2.22. The van der Waals surface area contributed by atoms with E-state index < -0.39 is 0 Å². The average molecular weight is 312 g/mol. The fraction of sp³-hybridized carbons (Fsp3) is 0.571. The van der Waals surface area contributed by atoms with E-state index in [-0.39, 0.29) is 0 Å². The lowest BCUT2D eigenvalue weighted by Crippen LogP contribution is -2.24. The SMILES string of the molecule is Brc1ccc2c(c1CC1CCCN1)OCCCO2. The minimum absolute atomic E-state index is 0.569. The van der Waals surface area contributed by atoms with Crippen LogP contribution in [0.2, 0.25) is 0 Å². The Morgan fingerprint density at radius 3 is 2.94 bits per heavy atom. The Bertz CT molecular complexity index is 430. The van der Waals surface area contributed by atoms with Gasteiger partial charge in [-0.25, -0.2) is 0 Å². The predicted octanol–water partition coefficient (Wildman–Crippen LogP) is 2.90. The lowest BCUT2D eigenvalue weighted by atomic mass is 10.0. The minimum atomic E-state index is 0.569. The van der Waals surface area contributed by atoms with Gasteiger partial charge in [0.25, 0.3) is 0 Å². The number of fused-ring (bicyclic) bond motifs is 1. The summed E-state index contributed by atoms with van der Waals surface area (Å²) in [5.41, 5.74) is 1.24. The van der Waals surface area contributed by atoms with Gasteiger partial charge in [0, 0.05) is 22.5 Å². The highest BCUT2D eigenvalue weighted by Crippen LogP contribution is 2.38. The largest absolute Gasteiger partial charge is 0.490 e. The van der Waals surface area contributed by atoms with Crippen molar-refractivity contribution in [1.29, 1.82) is 0 Å². The Balaban J connectivity index is 1.90. The second-order valence-corrected chi connectivity index (χ2v) is 5.76. The van der Waals surface area contributed by atoms with Crippen LogP contribution in [0.1, 0.15) is 24.8 Å². The summed E-state index contributed by atoms with van der Waals surface area (Å²) in [6.45, 7) is 2.62. The van der Waals surface area contributed by atoms with E-state index in [1.807, 2.05) is 6.07 Å². The first-order chi connectivity index (χ1) is 8.84. The molecule has 0 aliphatic carbocycles. The standard InChI is InChI=1S/C14H18BrNO2/c15-12-4-5-13-14(18-8-2-7-17-13)11(12)9-10-3-1-6-16-10/h4-5,10,16H,1-3,6-9H2. The van der Waals surface area contributed by atoms with Crippen LogP contribution in [0, 0.1) is 0 Å². The van der Waals surface area contributed by atoms with Gasteiger partial charge in [0.15, 0.2) is 11.5 Å². The Kier molecular flexibility index (Phi) is 3.75. The summed E-state index contributed by atoms with van der Waals surface area (Å²) in [5, 5.41) is 3.54. The molecule has 0 radical (unpaired) electrons. The zero-order valence-corrected chi connectivity index (χ0v) is 12.0. The first kappa shape index (κ1) is 12.3. The van der Waals surface area contributed by atoms with Crippen LogP contribution in [-0.2, 0) is 6.42 Å². The molecule has 1 N–H and O–H groups in total. The van der Waals surface area contributed by atoms with E-state index in [9.17, 15) is 0 Å². The third-order valence-electron chi connectivity index (χ3n) is 3.57. The van der Waals surface area contributed by atoms with E-state index in [1.54, 1.807) is 0 Å². The Morgan fingerprint density at radius 1 is 1.22 bits per heavy atom. The quantitative estimate of drug-likeness (QED) is 0.911. The number of halogens is 1. The summed E-state index contributed by atoms with van der Waals surface area (Å²) in [6.07, 6.45) is 4.48. The van der Waals surface area contributed by atoms with Crippen LogP contribution in [0.25, 0.3) is 0 Å². The minimum Gasteiger partial charge on any atom is -0.490 e. The molecule has 3 nitrogen and oxygen atoms in total. The summed E-state index contributed by atoms with van der Waals surface area (Å²) in [7, 11) is 0. The number of hydrogen-bond donors (Lipinski definition) is 1. The first-order valence-electron chi connectivity index (χ1n) is 6.65. The molecule has 0 spiro atoms. The first-order valence-corrected chi connectivity index (χ1v) is 7.44. The fourth-order valence-electron chi connectivity index (χ4n) is 2.64. The van der Waals surface area contributed by atoms with Gasteiger partial charge in [-0.05, 0) is 37.9 Å². The van der Waals surface area contributed by atoms with Gasteiger partial charge in [0.05, 0.1) is 13.2 Å². The van der Waals surface area contributed by atoms with Crippen LogP contribution >= 0.6 is 15.9 Å². The monoisotopic (exact) mass is 311 g/mol. The lowest BCUT2D eigenvalue weighted by Gasteiger charge is -2.17. The molecular formula is C14H18BrNO2. The van der Waals surface area contributed by atoms with Crippen molar-refractivity contribution in [1.82, 2.24) is 5.32 Å². The highest BCUT2D eigenvalue weighted by atomic mass is 79.9. The van der Waals surface area contributed by atoms with Crippen LogP contribution < -0.4 is 14.8 Å². The Hall–Kier alpha value is -0.740. The van der Waals surface area contributed by atoms with Crippen LogP contribution in [0.3, 0.4) is 0 Å². The number of rotatable bonds is 2. The molecule has 3 rings (SSSR count). The maximum Gasteiger partial charge on any atom is 0.165 e. The van der Waals surface area contributed by atoms with Crippen LogP contribution in [0.15, 0.2) is 16.6 Å². The van der Waals surface area contributed by atoms with Gasteiger partial charge in [-0.15, -0.1) is 0 Å². The van der Waals surface area contributed by atoms with Crippen molar-refractivity contribution in [2.24, 2.45) is 0 Å². The third kappa shape index (κ3) is 2.50. The summed E-state index contributed by atoms with van der Waals surface area (Å²) < 4.78 is 12.8. The van der Waals surface area contributed by atoms with Crippen molar-refractivity contribution in [2.45, 2.75) is 31.7 Å². The van der Waals surface area contributed by atoms with Crippen molar-refractivity contribution in [3.05, 3.63) is 22.2 Å². The molecule has 1 fully saturated rings. The molecule has 2 aliphatic rings. The van der Waals surface area contributed by atoms with Gasteiger partial charge in [-0.3, -0.25) is 0 Å². The van der Waals surface area contributed by atoms with E-state index in [0.29, 0.717) is 6.04 Å².